The van der Waals surface area contributed by atoms with Crippen molar-refractivity contribution in [2.75, 3.05) is 13.1 Å². The predicted octanol–water partition coefficient (Wildman–Crippen LogP) is 5.12. The fraction of sp³-hybridized carbons (Fsp3) is 0.217. The number of rotatable bonds is 6. The normalized spacial score (nSPS) is 14.3. The van der Waals surface area contributed by atoms with E-state index in [0.29, 0.717) is 38.1 Å². The van der Waals surface area contributed by atoms with Crippen LogP contribution in [0.1, 0.15) is 12.6 Å². The molecule has 37 heavy (non-hydrogen) atoms. The Hall–Kier alpha value is -4.36. The van der Waals surface area contributed by atoms with Crippen LogP contribution < -0.4 is 4.74 Å². The Labute approximate surface area is 204 Å². The average molecular weight is 522 g/mol. The highest BCUT2D eigenvalue weighted by atomic mass is 19.4. The number of ether oxygens (including phenoxy) is 1. The number of amides is 1. The van der Waals surface area contributed by atoms with Crippen LogP contribution in [0.5, 0.6) is 5.75 Å². The summed E-state index contributed by atoms with van der Waals surface area (Å²) in [6.45, 7) is 0.347. The zero-order chi connectivity index (χ0) is 26.5. The zero-order valence-electron chi connectivity index (χ0n) is 18.7. The summed E-state index contributed by atoms with van der Waals surface area (Å²) in [6, 6.07) is 6.17. The van der Waals surface area contributed by atoms with E-state index in [9.17, 15) is 31.1 Å². The van der Waals surface area contributed by atoms with Crippen molar-refractivity contribution in [2.45, 2.75) is 19.0 Å². The molecule has 3 aromatic heterocycles. The molecule has 4 heterocycles. The van der Waals surface area contributed by atoms with Gasteiger partial charge in [0.1, 0.15) is 17.0 Å². The monoisotopic (exact) mass is 522 g/mol. The molecule has 1 aromatic carbocycles. The fourth-order valence-corrected chi connectivity index (χ4v) is 4.10. The number of benzene rings is 1. The molecule has 1 aliphatic rings. The van der Waals surface area contributed by atoms with E-state index in [-0.39, 0.29) is 13.1 Å². The van der Waals surface area contributed by atoms with Gasteiger partial charge in [0, 0.05) is 42.2 Å². The zero-order valence-corrected chi connectivity index (χ0v) is 18.7. The summed E-state index contributed by atoms with van der Waals surface area (Å²) in [5.41, 5.74) is 2.29. The van der Waals surface area contributed by atoms with Crippen molar-refractivity contribution < 1.29 is 35.9 Å². The van der Waals surface area contributed by atoms with Gasteiger partial charge in [0.05, 0.1) is 17.8 Å². The van der Waals surface area contributed by atoms with Gasteiger partial charge in [0.25, 0.3) is 5.91 Å². The Morgan fingerprint density at radius 3 is 2.41 bits per heavy atom. The number of hydrogen-bond donors (Lipinski definition) is 0. The number of hydrogen-bond acceptors (Lipinski definition) is 5. The Kier molecular flexibility index (Phi) is 5.88. The average Bonchev–Trinajstić information content (AvgIpc) is 3.43. The first kappa shape index (κ1) is 24.3. The molecule has 192 valence electrons. The molecule has 0 saturated carbocycles. The largest absolute Gasteiger partial charge is 0.573 e. The van der Waals surface area contributed by atoms with Crippen LogP contribution in [-0.4, -0.2) is 54.8 Å². The third-order valence-electron chi connectivity index (χ3n) is 5.79. The topological polar surface area (TPSA) is 78.1 Å². The van der Waals surface area contributed by atoms with Crippen molar-refractivity contribution in [3.63, 3.8) is 0 Å². The molecule has 4 aromatic rings. The van der Waals surface area contributed by atoms with Crippen molar-refractivity contribution in [1.29, 1.82) is 0 Å². The molecule has 0 N–H and O–H groups in total. The van der Waals surface area contributed by atoms with Gasteiger partial charge >= 0.3 is 12.9 Å². The van der Waals surface area contributed by atoms with Crippen molar-refractivity contribution in [2.24, 2.45) is 0 Å². The van der Waals surface area contributed by atoms with E-state index in [0.717, 1.165) is 18.3 Å². The number of pyridine rings is 1. The summed E-state index contributed by atoms with van der Waals surface area (Å²) in [6.07, 6.45) is -1.00. The van der Waals surface area contributed by atoms with Gasteiger partial charge in [-0.3, -0.25) is 14.5 Å². The highest BCUT2D eigenvalue weighted by Crippen LogP contribution is 2.38. The van der Waals surface area contributed by atoms with E-state index >= 15 is 0 Å². The number of fused-ring (bicyclic) bond motifs is 1. The van der Waals surface area contributed by atoms with Crippen molar-refractivity contribution in [1.82, 2.24) is 29.4 Å². The summed E-state index contributed by atoms with van der Waals surface area (Å²) >= 11 is 0. The number of nitrogens with zero attached hydrogens (tertiary/aromatic N) is 6. The Morgan fingerprint density at radius 2 is 1.81 bits per heavy atom. The van der Waals surface area contributed by atoms with Crippen LogP contribution in [0.4, 0.5) is 26.3 Å². The van der Waals surface area contributed by atoms with Gasteiger partial charge in [0.2, 0.25) is 0 Å². The first-order valence-electron chi connectivity index (χ1n) is 10.7. The van der Waals surface area contributed by atoms with Gasteiger partial charge in [0.15, 0.2) is 5.83 Å². The predicted molar refractivity (Wildman–Crippen MR) is 118 cm³/mol. The molecule has 0 bridgehead atoms. The van der Waals surface area contributed by atoms with Crippen molar-refractivity contribution >= 4 is 16.9 Å². The molecule has 1 fully saturated rings. The van der Waals surface area contributed by atoms with E-state index in [1.54, 1.807) is 10.7 Å². The van der Waals surface area contributed by atoms with Crippen LogP contribution in [0, 0.1) is 0 Å². The first-order chi connectivity index (χ1) is 17.5. The van der Waals surface area contributed by atoms with E-state index in [1.807, 2.05) is 0 Å². The maximum atomic E-state index is 13.3. The standard InChI is InChI=1S/C23H16F6N6O2/c1-12(24)21(36)33-10-15(11-33)35-20-17(14-8-31-34(9-14)22(25)26)6-7-30-19(20)18(32-35)13-2-4-16(5-3-13)37-23(27,28)29/h2-9,15,22H,1,10-11H2. The molecule has 0 spiro atoms. The maximum Gasteiger partial charge on any atom is 0.573 e. The number of alkyl halides is 5. The molecule has 0 radical (unpaired) electrons. The molecule has 14 heteroatoms. The highest BCUT2D eigenvalue weighted by molar-refractivity contribution is 5.99. The summed E-state index contributed by atoms with van der Waals surface area (Å²) in [5, 5.41) is 8.29. The van der Waals surface area contributed by atoms with Gasteiger partial charge in [-0.1, -0.05) is 6.58 Å². The second-order valence-electron chi connectivity index (χ2n) is 8.18. The molecule has 1 saturated heterocycles. The molecule has 0 unspecified atom stereocenters. The van der Waals surface area contributed by atoms with Crippen LogP contribution in [0.25, 0.3) is 33.4 Å². The number of halogens is 6. The minimum Gasteiger partial charge on any atom is -0.406 e. The minimum absolute atomic E-state index is 0.0982. The molecular weight excluding hydrogens is 506 g/mol. The second kappa shape index (κ2) is 8.94. The molecule has 0 atom stereocenters. The van der Waals surface area contributed by atoms with E-state index in [2.05, 4.69) is 26.5 Å². The quantitative estimate of drug-likeness (QED) is 0.260. The van der Waals surface area contributed by atoms with Crippen LogP contribution in [0.3, 0.4) is 0 Å². The van der Waals surface area contributed by atoms with E-state index in [1.165, 1.54) is 29.4 Å². The van der Waals surface area contributed by atoms with Gasteiger partial charge in [-0.2, -0.15) is 19.0 Å². The summed E-state index contributed by atoms with van der Waals surface area (Å²) < 4.78 is 83.2. The van der Waals surface area contributed by atoms with Gasteiger partial charge in [-0.25, -0.2) is 9.07 Å². The lowest BCUT2D eigenvalue weighted by Crippen LogP contribution is -2.51. The third kappa shape index (κ3) is 4.61. The van der Waals surface area contributed by atoms with E-state index < -0.39 is 36.4 Å². The molecule has 0 aliphatic carbocycles. The molecule has 5 rings (SSSR count). The Bertz CT molecular complexity index is 1490. The van der Waals surface area contributed by atoms with Crippen molar-refractivity contribution in [3.8, 4) is 28.1 Å². The van der Waals surface area contributed by atoms with Gasteiger partial charge in [-0.05, 0) is 30.3 Å². The SMILES string of the molecule is C=C(F)C(=O)N1CC(n2nc(-c3ccc(OC(F)(F)F)cc3)c3nccc(-c4cnn(C(F)F)c4)c32)C1. The van der Waals surface area contributed by atoms with Crippen LogP contribution in [0.15, 0.2) is 61.3 Å². The second-order valence-corrected chi connectivity index (χ2v) is 8.18. The van der Waals surface area contributed by atoms with Gasteiger partial charge in [-0.15, -0.1) is 13.2 Å². The summed E-state index contributed by atoms with van der Waals surface area (Å²) in [7, 11) is 0. The molecular formula is C23H16F6N6O2. The lowest BCUT2D eigenvalue weighted by molar-refractivity contribution is -0.274. The lowest BCUT2D eigenvalue weighted by atomic mass is 10.0. The molecule has 8 nitrogen and oxygen atoms in total. The van der Waals surface area contributed by atoms with Crippen LogP contribution >= 0.6 is 0 Å². The minimum atomic E-state index is -4.85. The van der Waals surface area contributed by atoms with Crippen LogP contribution in [0.2, 0.25) is 0 Å². The number of carbonyl (C=O) groups is 1. The smallest absolute Gasteiger partial charge is 0.406 e. The van der Waals surface area contributed by atoms with Gasteiger partial charge < -0.3 is 9.64 Å². The Morgan fingerprint density at radius 1 is 1.11 bits per heavy atom. The number of carbonyl (C=O) groups excluding carboxylic acids is 1. The Balaban J connectivity index is 1.60. The van der Waals surface area contributed by atoms with Crippen LogP contribution in [-0.2, 0) is 4.79 Å². The van der Waals surface area contributed by atoms with Crippen molar-refractivity contribution in [3.05, 3.63) is 61.3 Å². The fourth-order valence-electron chi connectivity index (χ4n) is 4.10. The summed E-state index contributed by atoms with van der Waals surface area (Å²) in [4.78, 5) is 17.5. The maximum absolute atomic E-state index is 13.3. The highest BCUT2D eigenvalue weighted by Gasteiger charge is 2.36. The number of likely N-dealkylation sites (tertiary alicyclic amines) is 1. The molecule has 1 amide bonds. The molecule has 1 aliphatic heterocycles. The number of aromatic nitrogens is 5. The summed E-state index contributed by atoms with van der Waals surface area (Å²) in [5.74, 6) is -2.38. The first-order valence-corrected chi connectivity index (χ1v) is 10.7. The van der Waals surface area contributed by atoms with E-state index in [4.69, 9.17) is 0 Å². The third-order valence-corrected chi connectivity index (χ3v) is 5.79. The lowest BCUT2D eigenvalue weighted by Gasteiger charge is -2.39.